The second-order valence-electron chi connectivity index (χ2n) is 5.24. The zero-order valence-electron chi connectivity index (χ0n) is 11.7. The number of nitrogens with zero attached hydrogens (tertiary/aromatic N) is 2. The molecule has 106 valence electrons. The predicted molar refractivity (Wildman–Crippen MR) is 76.1 cm³/mol. The fourth-order valence-corrected chi connectivity index (χ4v) is 1.88. The van der Waals surface area contributed by atoms with Gasteiger partial charge in [0.05, 0.1) is 11.8 Å². The van der Waals surface area contributed by atoms with Crippen molar-refractivity contribution in [2.75, 3.05) is 0 Å². The Morgan fingerprint density at radius 2 is 2.05 bits per heavy atom. The van der Waals surface area contributed by atoms with Crippen LogP contribution in [0.5, 0.6) is 0 Å². The minimum atomic E-state index is -1.22. The second-order valence-corrected chi connectivity index (χ2v) is 6.15. The summed E-state index contributed by atoms with van der Waals surface area (Å²) in [5, 5.41) is 9.21. The number of carbonyl (C=O) groups is 2. The molecule has 0 spiro atoms. The maximum atomic E-state index is 12.0. The quantitative estimate of drug-likeness (QED) is 0.625. The number of pyridine rings is 1. The van der Waals surface area contributed by atoms with Gasteiger partial charge in [0.2, 0.25) is 0 Å². The van der Waals surface area contributed by atoms with Crippen LogP contribution in [0.3, 0.4) is 0 Å². The summed E-state index contributed by atoms with van der Waals surface area (Å²) in [6, 6.07) is 3.39. The van der Waals surface area contributed by atoms with Crippen LogP contribution < -0.4 is 0 Å². The molecular formula is C14H15BrN2O3. The van der Waals surface area contributed by atoms with E-state index in [2.05, 4.69) is 20.9 Å². The van der Waals surface area contributed by atoms with Gasteiger partial charge in [-0.3, -0.25) is 14.6 Å². The van der Waals surface area contributed by atoms with E-state index >= 15 is 0 Å². The first kappa shape index (κ1) is 16.3. The standard InChI is InChI=1S/C14H15BrN2O3/c1-8(18)10-5-9(15)7-17-12(10)11(6-16)13(19)20-14(2,3)4/h5,7,11H,1-4H3. The third-order valence-corrected chi connectivity index (χ3v) is 2.74. The highest BCUT2D eigenvalue weighted by molar-refractivity contribution is 9.10. The molecule has 1 heterocycles. The molecule has 0 fully saturated rings. The lowest BCUT2D eigenvalue weighted by molar-refractivity contribution is -0.155. The number of hydrogen-bond donors (Lipinski definition) is 0. The molecule has 1 unspecified atom stereocenters. The van der Waals surface area contributed by atoms with Gasteiger partial charge in [-0.05, 0) is 49.7 Å². The van der Waals surface area contributed by atoms with E-state index in [-0.39, 0.29) is 17.0 Å². The third kappa shape index (κ3) is 4.14. The van der Waals surface area contributed by atoms with Crippen LogP contribution in [0.15, 0.2) is 16.7 Å². The van der Waals surface area contributed by atoms with E-state index in [1.54, 1.807) is 26.8 Å². The molecule has 0 aliphatic carbocycles. The van der Waals surface area contributed by atoms with Gasteiger partial charge in [0, 0.05) is 16.2 Å². The molecular weight excluding hydrogens is 324 g/mol. The molecule has 1 aromatic heterocycles. The van der Waals surface area contributed by atoms with E-state index in [0.717, 1.165) is 0 Å². The van der Waals surface area contributed by atoms with Crippen molar-refractivity contribution < 1.29 is 14.3 Å². The highest BCUT2D eigenvalue weighted by atomic mass is 79.9. The van der Waals surface area contributed by atoms with Crippen molar-refractivity contribution in [3.63, 3.8) is 0 Å². The van der Waals surface area contributed by atoms with Crippen LogP contribution in [0, 0.1) is 11.3 Å². The Morgan fingerprint density at radius 1 is 1.45 bits per heavy atom. The predicted octanol–water partition coefficient (Wildman–Crippen LogP) is 3.00. The molecule has 1 atom stereocenters. The Kier molecular flexibility index (Phi) is 5.01. The minimum absolute atomic E-state index is 0.123. The van der Waals surface area contributed by atoms with Gasteiger partial charge in [-0.2, -0.15) is 5.26 Å². The van der Waals surface area contributed by atoms with Crippen molar-refractivity contribution >= 4 is 27.7 Å². The van der Waals surface area contributed by atoms with Gasteiger partial charge in [0.1, 0.15) is 5.60 Å². The summed E-state index contributed by atoms with van der Waals surface area (Å²) in [7, 11) is 0. The van der Waals surface area contributed by atoms with Crippen LogP contribution >= 0.6 is 15.9 Å². The van der Waals surface area contributed by atoms with E-state index in [0.29, 0.717) is 4.47 Å². The van der Waals surface area contributed by atoms with Crippen molar-refractivity contribution in [2.45, 2.75) is 39.2 Å². The van der Waals surface area contributed by atoms with E-state index in [1.807, 2.05) is 6.07 Å². The Morgan fingerprint density at radius 3 is 2.50 bits per heavy atom. The number of nitriles is 1. The molecule has 20 heavy (non-hydrogen) atoms. The number of ether oxygens (including phenoxy) is 1. The van der Waals surface area contributed by atoms with Crippen LogP contribution in [-0.4, -0.2) is 22.3 Å². The van der Waals surface area contributed by atoms with E-state index in [9.17, 15) is 14.9 Å². The van der Waals surface area contributed by atoms with Crippen molar-refractivity contribution in [2.24, 2.45) is 0 Å². The van der Waals surface area contributed by atoms with Crippen LogP contribution in [0.2, 0.25) is 0 Å². The first-order valence-electron chi connectivity index (χ1n) is 5.94. The molecule has 0 saturated heterocycles. The number of carbonyl (C=O) groups excluding carboxylic acids is 2. The summed E-state index contributed by atoms with van der Waals surface area (Å²) in [4.78, 5) is 27.7. The molecule has 5 nitrogen and oxygen atoms in total. The van der Waals surface area contributed by atoms with Gasteiger partial charge in [0.25, 0.3) is 0 Å². The van der Waals surface area contributed by atoms with Gasteiger partial charge >= 0.3 is 5.97 Å². The topological polar surface area (TPSA) is 80.0 Å². The monoisotopic (exact) mass is 338 g/mol. The van der Waals surface area contributed by atoms with Crippen molar-refractivity contribution in [3.8, 4) is 6.07 Å². The number of rotatable bonds is 3. The number of Topliss-reactive ketones (excluding diaryl/α,β-unsaturated/α-hetero) is 1. The van der Waals surface area contributed by atoms with Gasteiger partial charge in [0.15, 0.2) is 11.7 Å². The molecule has 0 radical (unpaired) electrons. The van der Waals surface area contributed by atoms with Crippen molar-refractivity contribution in [1.29, 1.82) is 5.26 Å². The summed E-state index contributed by atoms with van der Waals surface area (Å²) in [6.07, 6.45) is 1.44. The van der Waals surface area contributed by atoms with Gasteiger partial charge in [-0.15, -0.1) is 0 Å². The zero-order chi connectivity index (χ0) is 15.5. The lowest BCUT2D eigenvalue weighted by atomic mass is 9.99. The number of hydrogen-bond acceptors (Lipinski definition) is 5. The van der Waals surface area contributed by atoms with E-state index < -0.39 is 17.5 Å². The molecule has 0 aliphatic heterocycles. The Hall–Kier alpha value is -1.74. The maximum absolute atomic E-state index is 12.0. The van der Waals surface area contributed by atoms with Gasteiger partial charge < -0.3 is 4.74 Å². The maximum Gasteiger partial charge on any atom is 0.330 e. The summed E-state index contributed by atoms with van der Waals surface area (Å²) in [5.74, 6) is -2.20. The molecule has 1 rings (SSSR count). The van der Waals surface area contributed by atoms with E-state index in [1.165, 1.54) is 13.1 Å². The van der Waals surface area contributed by atoms with Gasteiger partial charge in [-0.25, -0.2) is 0 Å². The first-order chi connectivity index (χ1) is 9.15. The SMILES string of the molecule is CC(=O)c1cc(Br)cnc1C(C#N)C(=O)OC(C)(C)C. The Balaban J connectivity index is 3.24. The lowest BCUT2D eigenvalue weighted by Crippen LogP contribution is -2.28. The Bertz CT molecular complexity index is 585. The van der Waals surface area contributed by atoms with Crippen LogP contribution in [0.25, 0.3) is 0 Å². The fraction of sp³-hybridized carbons (Fsp3) is 0.429. The Labute approximate surface area is 126 Å². The second kappa shape index (κ2) is 6.14. The summed E-state index contributed by atoms with van der Waals surface area (Å²) >= 11 is 3.21. The third-order valence-electron chi connectivity index (χ3n) is 2.31. The molecule has 0 aromatic carbocycles. The van der Waals surface area contributed by atoms with Crippen LogP contribution in [0.1, 0.15) is 49.7 Å². The van der Waals surface area contributed by atoms with Crippen LogP contribution in [-0.2, 0) is 9.53 Å². The molecule has 0 saturated carbocycles. The fourth-order valence-electron chi connectivity index (χ4n) is 1.55. The van der Waals surface area contributed by atoms with Crippen molar-refractivity contribution in [1.82, 2.24) is 4.98 Å². The molecule has 0 amide bonds. The minimum Gasteiger partial charge on any atom is -0.459 e. The smallest absolute Gasteiger partial charge is 0.330 e. The van der Waals surface area contributed by atoms with Crippen molar-refractivity contribution in [3.05, 3.63) is 28.0 Å². The molecule has 0 aliphatic rings. The lowest BCUT2D eigenvalue weighted by Gasteiger charge is -2.21. The largest absolute Gasteiger partial charge is 0.459 e. The zero-order valence-corrected chi connectivity index (χ0v) is 13.3. The van der Waals surface area contributed by atoms with Crippen LogP contribution in [0.4, 0.5) is 0 Å². The average molecular weight is 339 g/mol. The summed E-state index contributed by atoms with van der Waals surface area (Å²) < 4.78 is 5.79. The number of aromatic nitrogens is 1. The summed E-state index contributed by atoms with van der Waals surface area (Å²) in [6.45, 7) is 6.48. The highest BCUT2D eigenvalue weighted by Crippen LogP contribution is 2.24. The molecule has 6 heteroatoms. The molecule has 1 aromatic rings. The summed E-state index contributed by atoms with van der Waals surface area (Å²) in [5.41, 5.74) is -0.355. The van der Waals surface area contributed by atoms with Gasteiger partial charge in [-0.1, -0.05) is 0 Å². The van der Waals surface area contributed by atoms with E-state index in [4.69, 9.17) is 4.74 Å². The highest BCUT2D eigenvalue weighted by Gasteiger charge is 2.30. The normalized spacial score (nSPS) is 12.4. The average Bonchev–Trinajstić information content (AvgIpc) is 2.29. The first-order valence-corrected chi connectivity index (χ1v) is 6.74. The number of ketones is 1. The number of esters is 1. The molecule has 0 bridgehead atoms. The number of halogens is 1. The molecule has 0 N–H and O–H groups in total.